The summed E-state index contributed by atoms with van der Waals surface area (Å²) in [5.41, 5.74) is 1.97. The van der Waals surface area contributed by atoms with E-state index in [1.54, 1.807) is 24.8 Å². The number of hydrogen-bond donors (Lipinski definition) is 0. The molecule has 0 atom stereocenters. The zero-order valence-electron chi connectivity index (χ0n) is 13.3. The predicted octanol–water partition coefficient (Wildman–Crippen LogP) is 2.63. The second-order valence-electron chi connectivity index (χ2n) is 5.26. The molecule has 3 aromatic heterocycles. The SMILES string of the molecule is COc1ccc(C=c2sc3nc4cc(Br)cnc4n3c2=O)cc1OC. The summed E-state index contributed by atoms with van der Waals surface area (Å²) in [6.45, 7) is 0. The van der Waals surface area contributed by atoms with E-state index in [0.717, 1.165) is 10.0 Å². The van der Waals surface area contributed by atoms with Crippen molar-refractivity contribution in [1.82, 2.24) is 14.4 Å². The summed E-state index contributed by atoms with van der Waals surface area (Å²) in [5, 5.41) is 0. The Kier molecular flexibility index (Phi) is 3.93. The van der Waals surface area contributed by atoms with Gasteiger partial charge in [0.25, 0.3) is 5.56 Å². The van der Waals surface area contributed by atoms with Crippen molar-refractivity contribution in [2.75, 3.05) is 14.2 Å². The number of halogens is 1. The number of aromatic nitrogens is 3. The van der Waals surface area contributed by atoms with Gasteiger partial charge in [0.2, 0.25) is 0 Å². The lowest BCUT2D eigenvalue weighted by Gasteiger charge is -2.07. The molecule has 8 heteroatoms. The Bertz CT molecular complexity index is 1220. The molecule has 4 aromatic rings. The molecule has 0 fully saturated rings. The molecule has 0 saturated heterocycles. The summed E-state index contributed by atoms with van der Waals surface area (Å²) in [5.74, 6) is 1.26. The van der Waals surface area contributed by atoms with E-state index in [4.69, 9.17) is 9.47 Å². The largest absolute Gasteiger partial charge is 0.493 e. The first-order valence-electron chi connectivity index (χ1n) is 7.31. The van der Waals surface area contributed by atoms with Gasteiger partial charge in [0, 0.05) is 10.7 Å². The molecule has 1 aromatic carbocycles. The molecule has 0 spiro atoms. The average Bonchev–Trinajstić information content (AvgIpc) is 3.10. The van der Waals surface area contributed by atoms with Gasteiger partial charge in [0.15, 0.2) is 22.1 Å². The van der Waals surface area contributed by atoms with E-state index in [2.05, 4.69) is 25.9 Å². The van der Waals surface area contributed by atoms with Gasteiger partial charge < -0.3 is 9.47 Å². The zero-order valence-corrected chi connectivity index (χ0v) is 15.7. The molecule has 25 heavy (non-hydrogen) atoms. The highest BCUT2D eigenvalue weighted by atomic mass is 79.9. The number of nitrogens with zero attached hydrogens (tertiary/aromatic N) is 3. The zero-order chi connectivity index (χ0) is 17.6. The van der Waals surface area contributed by atoms with Crippen molar-refractivity contribution in [3.05, 3.63) is 55.4 Å². The van der Waals surface area contributed by atoms with Crippen LogP contribution in [-0.4, -0.2) is 28.6 Å². The van der Waals surface area contributed by atoms with Crippen LogP contribution in [0.2, 0.25) is 0 Å². The molecule has 0 aliphatic rings. The van der Waals surface area contributed by atoms with Crippen molar-refractivity contribution in [3.63, 3.8) is 0 Å². The summed E-state index contributed by atoms with van der Waals surface area (Å²) in [7, 11) is 3.16. The van der Waals surface area contributed by atoms with Crippen molar-refractivity contribution in [1.29, 1.82) is 0 Å². The van der Waals surface area contributed by atoms with Gasteiger partial charge in [-0.1, -0.05) is 17.4 Å². The summed E-state index contributed by atoms with van der Waals surface area (Å²) < 4.78 is 13.5. The minimum atomic E-state index is -0.132. The molecule has 3 heterocycles. The monoisotopic (exact) mass is 417 g/mol. The number of hydrogen-bond acceptors (Lipinski definition) is 6. The molecular weight excluding hydrogens is 406 g/mol. The second kappa shape index (κ2) is 6.12. The molecule has 0 N–H and O–H groups in total. The summed E-state index contributed by atoms with van der Waals surface area (Å²) >= 11 is 4.70. The Morgan fingerprint density at radius 3 is 2.76 bits per heavy atom. The Balaban J connectivity index is 1.91. The van der Waals surface area contributed by atoms with Gasteiger partial charge in [0.1, 0.15) is 5.52 Å². The van der Waals surface area contributed by atoms with Crippen LogP contribution in [0.5, 0.6) is 11.5 Å². The Labute approximate surface area is 154 Å². The van der Waals surface area contributed by atoms with Crippen LogP contribution >= 0.6 is 27.3 Å². The molecule has 6 nitrogen and oxygen atoms in total. The minimum Gasteiger partial charge on any atom is -0.493 e. The van der Waals surface area contributed by atoms with Crippen LogP contribution in [0.15, 0.2) is 39.7 Å². The van der Waals surface area contributed by atoms with Crippen LogP contribution in [0.25, 0.3) is 22.2 Å². The fourth-order valence-electron chi connectivity index (χ4n) is 2.61. The molecule has 0 bridgehead atoms. The lowest BCUT2D eigenvalue weighted by molar-refractivity contribution is 0.355. The molecular formula is C17H12BrN3O3S. The fraction of sp³-hybridized carbons (Fsp3) is 0.118. The highest BCUT2D eigenvalue weighted by molar-refractivity contribution is 9.10. The Hall–Kier alpha value is -2.45. The minimum absolute atomic E-state index is 0.132. The lowest BCUT2D eigenvalue weighted by Crippen LogP contribution is -2.22. The van der Waals surface area contributed by atoms with Crippen molar-refractivity contribution in [2.45, 2.75) is 0 Å². The van der Waals surface area contributed by atoms with Crippen molar-refractivity contribution in [2.24, 2.45) is 0 Å². The maximum Gasteiger partial charge on any atom is 0.276 e. The van der Waals surface area contributed by atoms with Gasteiger partial charge in [-0.15, -0.1) is 0 Å². The van der Waals surface area contributed by atoms with E-state index in [9.17, 15) is 4.79 Å². The van der Waals surface area contributed by atoms with Gasteiger partial charge >= 0.3 is 0 Å². The van der Waals surface area contributed by atoms with Crippen LogP contribution in [0, 0.1) is 0 Å². The molecule has 0 aliphatic heterocycles. The number of thiazole rings is 1. The van der Waals surface area contributed by atoms with Gasteiger partial charge in [-0.2, -0.15) is 0 Å². The van der Waals surface area contributed by atoms with Crippen molar-refractivity contribution < 1.29 is 9.47 Å². The Morgan fingerprint density at radius 2 is 2.00 bits per heavy atom. The van der Waals surface area contributed by atoms with Gasteiger partial charge in [-0.05, 0) is 45.8 Å². The molecule has 0 saturated carbocycles. The quantitative estimate of drug-likeness (QED) is 0.512. The topological polar surface area (TPSA) is 65.7 Å². The summed E-state index contributed by atoms with van der Waals surface area (Å²) in [6, 6.07) is 7.35. The molecule has 0 aliphatic carbocycles. The van der Waals surface area contributed by atoms with Crippen molar-refractivity contribution in [3.8, 4) is 11.5 Å². The smallest absolute Gasteiger partial charge is 0.276 e. The van der Waals surface area contributed by atoms with Crippen LogP contribution in [0.4, 0.5) is 0 Å². The van der Waals surface area contributed by atoms with Crippen LogP contribution in [-0.2, 0) is 0 Å². The lowest BCUT2D eigenvalue weighted by atomic mass is 10.2. The number of fused-ring (bicyclic) bond motifs is 3. The number of rotatable bonds is 3. The molecule has 126 valence electrons. The number of pyridine rings is 1. The van der Waals surface area contributed by atoms with Crippen molar-refractivity contribution >= 4 is 49.5 Å². The second-order valence-corrected chi connectivity index (χ2v) is 7.18. The number of ether oxygens (including phenoxy) is 2. The molecule has 4 rings (SSSR count). The number of benzene rings is 1. The first-order valence-corrected chi connectivity index (χ1v) is 8.92. The van der Waals surface area contributed by atoms with Gasteiger partial charge in [-0.25, -0.2) is 14.4 Å². The van der Waals surface area contributed by atoms with Gasteiger partial charge in [0.05, 0.1) is 18.8 Å². The maximum absolute atomic E-state index is 12.8. The first kappa shape index (κ1) is 16.0. The van der Waals surface area contributed by atoms with Crippen LogP contribution < -0.4 is 19.6 Å². The molecule has 0 unspecified atom stereocenters. The number of imidazole rings is 1. The predicted molar refractivity (Wildman–Crippen MR) is 101 cm³/mol. The fourth-order valence-corrected chi connectivity index (χ4v) is 3.90. The van der Waals surface area contributed by atoms with E-state index in [1.807, 2.05) is 30.3 Å². The third-order valence-corrected chi connectivity index (χ3v) is 5.16. The normalized spacial score (nSPS) is 12.2. The summed E-state index contributed by atoms with van der Waals surface area (Å²) in [6.07, 6.45) is 3.47. The number of methoxy groups -OCH3 is 2. The van der Waals surface area contributed by atoms with Gasteiger partial charge in [-0.3, -0.25) is 4.79 Å². The van der Waals surface area contributed by atoms with E-state index in [1.165, 1.54) is 11.3 Å². The highest BCUT2D eigenvalue weighted by Crippen LogP contribution is 2.27. The third-order valence-electron chi connectivity index (χ3n) is 3.75. The average molecular weight is 418 g/mol. The van der Waals surface area contributed by atoms with E-state index < -0.39 is 0 Å². The van der Waals surface area contributed by atoms with E-state index in [-0.39, 0.29) is 5.56 Å². The standard InChI is InChI=1S/C17H12BrN3O3S/c1-23-12-4-3-9(5-13(12)24-2)6-14-16(22)21-15-11(20-17(21)25-14)7-10(18)8-19-15/h3-8H,1-2H3. The van der Waals surface area contributed by atoms with Crippen LogP contribution in [0.3, 0.4) is 0 Å². The van der Waals surface area contributed by atoms with E-state index >= 15 is 0 Å². The summed E-state index contributed by atoms with van der Waals surface area (Å²) in [4.78, 5) is 22.2. The first-order chi connectivity index (χ1) is 12.1. The highest BCUT2D eigenvalue weighted by Gasteiger charge is 2.12. The Morgan fingerprint density at radius 1 is 1.20 bits per heavy atom. The van der Waals surface area contributed by atoms with Crippen LogP contribution in [0.1, 0.15) is 5.56 Å². The maximum atomic E-state index is 12.8. The molecule has 0 amide bonds. The van der Waals surface area contributed by atoms with E-state index in [0.29, 0.717) is 32.2 Å². The third kappa shape index (κ3) is 2.67. The molecule has 0 radical (unpaired) electrons.